The van der Waals surface area contributed by atoms with Gasteiger partial charge in [0, 0.05) is 67.6 Å². The number of amides is 4. The molecule has 3 N–H and O–H groups in total. The summed E-state index contributed by atoms with van der Waals surface area (Å²) in [5.41, 5.74) is 10.2. The Morgan fingerprint density at radius 3 is 2.45 bits per heavy atom. The van der Waals surface area contributed by atoms with Gasteiger partial charge in [0.1, 0.15) is 23.9 Å². The molecule has 0 spiro atoms. The molecule has 4 amide bonds. The van der Waals surface area contributed by atoms with E-state index in [1.54, 1.807) is 26.2 Å². The van der Waals surface area contributed by atoms with Gasteiger partial charge in [-0.25, -0.2) is 5.43 Å². The lowest BCUT2D eigenvalue weighted by Gasteiger charge is -2.37. The fraction of sp³-hybridized carbons (Fsp3) is 0.538. The summed E-state index contributed by atoms with van der Waals surface area (Å²) in [5, 5.41) is 16.9. The van der Waals surface area contributed by atoms with E-state index in [9.17, 15) is 29.1 Å². The Labute approximate surface area is 388 Å². The maximum absolute atomic E-state index is 14.8. The number of nitrogens with one attached hydrogen (secondary N) is 2. The van der Waals surface area contributed by atoms with E-state index in [2.05, 4.69) is 74.2 Å². The zero-order valence-corrected chi connectivity index (χ0v) is 39.7. The molecule has 3 fully saturated rings. The predicted molar refractivity (Wildman–Crippen MR) is 253 cm³/mol. The third kappa shape index (κ3) is 9.84. The normalized spacial score (nSPS) is 20.8. The van der Waals surface area contributed by atoms with Crippen LogP contribution in [0, 0.1) is 17.3 Å². The molecule has 4 aliphatic rings. The van der Waals surface area contributed by atoms with Crippen molar-refractivity contribution in [2.75, 3.05) is 33.8 Å². The highest BCUT2D eigenvalue weighted by Crippen LogP contribution is 2.42. The number of hydrazine groups is 1. The van der Waals surface area contributed by atoms with E-state index in [-0.39, 0.29) is 54.9 Å². The van der Waals surface area contributed by atoms with E-state index in [1.165, 1.54) is 14.8 Å². The number of ether oxygens (including phenoxy) is 1. The van der Waals surface area contributed by atoms with Gasteiger partial charge in [0.2, 0.25) is 17.7 Å². The maximum atomic E-state index is 14.8. The Balaban J connectivity index is 1.20. The number of aromatic hydroxyl groups is 1. The highest BCUT2D eigenvalue weighted by molar-refractivity contribution is 5.96. The van der Waals surface area contributed by atoms with Crippen LogP contribution in [0.25, 0.3) is 33.3 Å². The minimum Gasteiger partial charge on any atom is -0.508 e. The molecule has 352 valence electrons. The first kappa shape index (κ1) is 46.8. The van der Waals surface area contributed by atoms with Crippen molar-refractivity contribution in [1.82, 2.24) is 35.1 Å². The van der Waals surface area contributed by atoms with Crippen LogP contribution in [-0.4, -0.2) is 111 Å². The van der Waals surface area contributed by atoms with Gasteiger partial charge in [0.25, 0.3) is 5.91 Å². The number of aromatic nitrogens is 2. The van der Waals surface area contributed by atoms with E-state index >= 15 is 0 Å². The van der Waals surface area contributed by atoms with E-state index in [4.69, 9.17) is 9.72 Å². The first-order valence-corrected chi connectivity index (χ1v) is 24.0. The van der Waals surface area contributed by atoms with Gasteiger partial charge in [-0.1, -0.05) is 52.7 Å². The zero-order valence-electron chi connectivity index (χ0n) is 39.7. The molecule has 4 aromatic rings. The van der Waals surface area contributed by atoms with E-state index in [1.807, 2.05) is 18.3 Å². The van der Waals surface area contributed by atoms with E-state index in [0.29, 0.717) is 37.9 Å². The predicted octanol–water partition coefficient (Wildman–Crippen LogP) is 6.75. The summed E-state index contributed by atoms with van der Waals surface area (Å²) >= 11 is 0. The van der Waals surface area contributed by atoms with Crippen molar-refractivity contribution in [3.63, 3.8) is 0 Å². The van der Waals surface area contributed by atoms with Crippen molar-refractivity contribution in [1.29, 1.82) is 0 Å². The number of rotatable bonds is 10. The number of benzene rings is 2. The number of aryl methyl sites for hydroxylation is 1. The summed E-state index contributed by atoms with van der Waals surface area (Å²) in [7, 11) is 3.23. The third-order valence-electron chi connectivity index (χ3n) is 14.1. The van der Waals surface area contributed by atoms with E-state index < -0.39 is 41.3 Å². The SMILES string of the molecule is CCn1c(-c2cccnc2C(C)C)c2c3cc(ccc31)-c1cc(O)cc(c1)C[C@H](NC(=O)[C@H](C1CCCC1)N(C)C(=O)CN(C)C(=O)C1CC1)C(=O)N1CCC[C@H](N1)C(=O)OCC(C)(C)C2. The minimum absolute atomic E-state index is 0.0116. The molecule has 1 saturated heterocycles. The number of nitrogens with zero attached hydrogens (tertiary/aromatic N) is 5. The maximum Gasteiger partial charge on any atom is 0.324 e. The summed E-state index contributed by atoms with van der Waals surface area (Å²) in [6.07, 6.45) is 8.37. The summed E-state index contributed by atoms with van der Waals surface area (Å²) < 4.78 is 8.47. The van der Waals surface area contributed by atoms with Crippen molar-refractivity contribution < 1.29 is 33.8 Å². The second-order valence-electron chi connectivity index (χ2n) is 20.3. The van der Waals surface area contributed by atoms with Crippen molar-refractivity contribution in [3.05, 3.63) is 71.5 Å². The lowest BCUT2D eigenvalue weighted by molar-refractivity contribution is -0.155. The number of hydrogen-bond donors (Lipinski definition) is 3. The zero-order chi connectivity index (χ0) is 47.0. The van der Waals surface area contributed by atoms with Gasteiger partial charge < -0.3 is 29.5 Å². The van der Waals surface area contributed by atoms with Gasteiger partial charge in [-0.15, -0.1) is 0 Å². The molecule has 8 rings (SSSR count). The summed E-state index contributed by atoms with van der Waals surface area (Å²) in [6.45, 7) is 11.6. The molecule has 3 atom stereocenters. The van der Waals surface area contributed by atoms with Gasteiger partial charge >= 0.3 is 5.97 Å². The number of phenols is 1. The van der Waals surface area contributed by atoms with Crippen LogP contribution in [0.1, 0.15) is 109 Å². The largest absolute Gasteiger partial charge is 0.508 e. The van der Waals surface area contributed by atoms with Crippen LogP contribution >= 0.6 is 0 Å². The van der Waals surface area contributed by atoms with Gasteiger partial charge in [-0.2, -0.15) is 0 Å². The molecule has 4 heterocycles. The second kappa shape index (κ2) is 19.2. The Hall–Kier alpha value is -5.76. The van der Waals surface area contributed by atoms with Gasteiger partial charge in [-0.05, 0) is 122 Å². The molecular weight excluding hydrogens is 835 g/mol. The Bertz CT molecular complexity index is 2500. The standard InChI is InChI=1S/C52H67N7O7/c1-8-58-43-20-19-35-27-39(43)40(47(58)38-15-11-21-53-45(38)31(2)3)28-52(4,5)30-66-51(65)41-16-12-22-59(55-41)50(64)42(25-32-23-36(35)26-37(60)24-32)54-48(62)46(33-13-9-10-14-33)57(7)44(61)29-56(6)49(63)34-17-18-34/h11,15,19-21,23-24,26-27,31,33-34,41-42,46,55,60H,8-10,12-14,16-18,22,25,28-30H2,1-7H3,(H,54,62)/t41-,42-,46-/m0/s1. The molecule has 0 radical (unpaired) electrons. The monoisotopic (exact) mass is 902 g/mol. The summed E-state index contributed by atoms with van der Waals surface area (Å²) in [6, 6.07) is 12.9. The first-order valence-electron chi connectivity index (χ1n) is 24.0. The van der Waals surface area contributed by atoms with Gasteiger partial charge in [0.15, 0.2) is 0 Å². The highest BCUT2D eigenvalue weighted by Gasteiger charge is 2.41. The molecule has 2 aliphatic heterocycles. The fourth-order valence-electron chi connectivity index (χ4n) is 10.5. The molecular formula is C52H67N7O7. The summed E-state index contributed by atoms with van der Waals surface area (Å²) in [5.74, 6) is -1.80. The van der Waals surface area contributed by atoms with Crippen LogP contribution in [-0.2, 0) is 48.1 Å². The molecule has 6 bridgehead atoms. The number of likely N-dealkylation sites (N-methyl/N-ethyl adjacent to an activating group) is 2. The van der Waals surface area contributed by atoms with Crippen LogP contribution in [0.15, 0.2) is 54.7 Å². The molecule has 66 heavy (non-hydrogen) atoms. The van der Waals surface area contributed by atoms with Crippen LogP contribution in [0.4, 0.5) is 0 Å². The minimum atomic E-state index is -1.14. The topological polar surface area (TPSA) is 166 Å². The summed E-state index contributed by atoms with van der Waals surface area (Å²) in [4.78, 5) is 77.9. The Morgan fingerprint density at radius 1 is 0.985 bits per heavy atom. The number of fused-ring (bicyclic) bond motifs is 6. The van der Waals surface area contributed by atoms with Crippen LogP contribution in [0.2, 0.25) is 0 Å². The van der Waals surface area contributed by atoms with Crippen molar-refractivity contribution in [2.24, 2.45) is 17.3 Å². The highest BCUT2D eigenvalue weighted by atomic mass is 16.5. The van der Waals surface area contributed by atoms with Crippen LogP contribution in [0.3, 0.4) is 0 Å². The Morgan fingerprint density at radius 2 is 1.74 bits per heavy atom. The van der Waals surface area contributed by atoms with E-state index in [0.717, 1.165) is 83.1 Å². The van der Waals surface area contributed by atoms with Crippen LogP contribution in [0.5, 0.6) is 5.75 Å². The number of carbonyl (C=O) groups is 5. The number of carbonyl (C=O) groups excluding carboxylic acids is 5. The fourth-order valence-corrected chi connectivity index (χ4v) is 10.5. The molecule has 2 aliphatic carbocycles. The van der Waals surface area contributed by atoms with Gasteiger partial charge in [-0.3, -0.25) is 34.0 Å². The number of phenolic OH excluding ortho intramolecular Hbond substituents is 1. The van der Waals surface area contributed by atoms with Crippen molar-refractivity contribution >= 4 is 40.5 Å². The number of esters is 1. The smallest absolute Gasteiger partial charge is 0.324 e. The molecule has 14 heteroatoms. The molecule has 2 saturated carbocycles. The number of hydrogen-bond acceptors (Lipinski definition) is 9. The molecule has 0 unspecified atom stereocenters. The average molecular weight is 902 g/mol. The van der Waals surface area contributed by atoms with Gasteiger partial charge in [0.05, 0.1) is 24.5 Å². The number of pyridine rings is 1. The molecule has 14 nitrogen and oxygen atoms in total. The lowest BCUT2D eigenvalue weighted by atomic mass is 9.83. The van der Waals surface area contributed by atoms with Crippen molar-refractivity contribution in [2.45, 2.75) is 129 Å². The number of cyclic esters (lactones) is 1. The molecule has 2 aromatic heterocycles. The lowest BCUT2D eigenvalue weighted by Crippen LogP contribution is -2.62. The van der Waals surface area contributed by atoms with Crippen LogP contribution < -0.4 is 10.7 Å². The van der Waals surface area contributed by atoms with Crippen molar-refractivity contribution in [3.8, 4) is 28.1 Å². The average Bonchev–Trinajstić information content (AvgIpc) is 3.93. The first-order chi connectivity index (χ1) is 31.5. The quantitative estimate of drug-likeness (QED) is 0.146. The Kier molecular flexibility index (Phi) is 13.6. The molecule has 2 aromatic carbocycles. The second-order valence-corrected chi connectivity index (χ2v) is 20.3. The third-order valence-corrected chi connectivity index (χ3v) is 14.1.